The van der Waals surface area contributed by atoms with Crippen LogP contribution in [0, 0.1) is 12.7 Å². The molecule has 2 rings (SSSR count). The lowest BCUT2D eigenvalue weighted by Crippen LogP contribution is -2.02. The smallest absolute Gasteiger partial charge is 0.229 e. The van der Waals surface area contributed by atoms with Gasteiger partial charge in [-0.2, -0.15) is 0 Å². The van der Waals surface area contributed by atoms with Crippen molar-refractivity contribution < 1.29 is 4.39 Å². The number of hydrogen-bond acceptors (Lipinski definition) is 2. The van der Waals surface area contributed by atoms with Gasteiger partial charge in [0.2, 0.25) is 5.28 Å². The minimum absolute atomic E-state index is 0.261. The highest BCUT2D eigenvalue weighted by Crippen LogP contribution is 2.21. The minimum Gasteiger partial charge on any atom is -0.269 e. The summed E-state index contributed by atoms with van der Waals surface area (Å²) in [5.74, 6) is 0.503. The van der Waals surface area contributed by atoms with E-state index in [1.807, 2.05) is 13.8 Å². The topological polar surface area (TPSA) is 30.7 Å². The highest BCUT2D eigenvalue weighted by atomic mass is 35.5. The van der Waals surface area contributed by atoms with Crippen LogP contribution < -0.4 is 0 Å². The van der Waals surface area contributed by atoms with Crippen molar-refractivity contribution >= 4 is 11.6 Å². The van der Waals surface area contributed by atoms with Crippen LogP contribution in [0.3, 0.4) is 0 Å². The first-order chi connectivity index (χ1) is 7.63. The van der Waals surface area contributed by atoms with E-state index in [-0.39, 0.29) is 5.82 Å². The second-order valence-corrected chi connectivity index (χ2v) is 3.84. The van der Waals surface area contributed by atoms with E-state index in [2.05, 4.69) is 10.2 Å². The van der Waals surface area contributed by atoms with Gasteiger partial charge in [0.15, 0.2) is 0 Å². The second kappa shape index (κ2) is 4.22. The molecule has 0 fully saturated rings. The highest BCUT2D eigenvalue weighted by molar-refractivity contribution is 6.28. The number of aryl methyl sites for hydroxylation is 2. The maximum absolute atomic E-state index is 13.0. The first kappa shape index (κ1) is 11.1. The molecule has 0 spiro atoms. The molecule has 84 valence electrons. The summed E-state index contributed by atoms with van der Waals surface area (Å²) in [5, 5.41) is 8.07. The summed E-state index contributed by atoms with van der Waals surface area (Å²) < 4.78 is 14.7. The first-order valence-electron chi connectivity index (χ1n) is 4.99. The molecule has 0 radical (unpaired) electrons. The van der Waals surface area contributed by atoms with E-state index in [0.29, 0.717) is 5.28 Å². The Balaban J connectivity index is 2.62. The molecule has 0 aliphatic rings. The van der Waals surface area contributed by atoms with E-state index >= 15 is 0 Å². The Bertz CT molecular complexity index is 522. The molecule has 2 aromatic rings. The van der Waals surface area contributed by atoms with Gasteiger partial charge in [-0.25, -0.2) is 4.39 Å². The Morgan fingerprint density at radius 2 is 2.12 bits per heavy atom. The van der Waals surface area contributed by atoms with Gasteiger partial charge in [-0.3, -0.25) is 4.57 Å². The lowest BCUT2D eigenvalue weighted by molar-refractivity contribution is 0.626. The summed E-state index contributed by atoms with van der Waals surface area (Å²) in [5.41, 5.74) is 1.62. The van der Waals surface area contributed by atoms with Crippen LogP contribution >= 0.6 is 11.6 Å². The number of hydrogen-bond donors (Lipinski definition) is 0. The third kappa shape index (κ3) is 1.80. The normalized spacial score (nSPS) is 10.8. The number of nitrogens with zero attached hydrogens (tertiary/aromatic N) is 3. The van der Waals surface area contributed by atoms with Crippen molar-refractivity contribution in [3.05, 3.63) is 40.7 Å². The van der Waals surface area contributed by atoms with Crippen LogP contribution in [0.4, 0.5) is 4.39 Å². The lowest BCUT2D eigenvalue weighted by Gasteiger charge is -2.09. The first-order valence-corrected chi connectivity index (χ1v) is 5.37. The Morgan fingerprint density at radius 1 is 1.38 bits per heavy atom. The molecule has 0 aliphatic heterocycles. The summed E-state index contributed by atoms with van der Waals surface area (Å²) in [6.07, 6.45) is 0.719. The average molecular weight is 240 g/mol. The van der Waals surface area contributed by atoms with Crippen molar-refractivity contribution in [2.45, 2.75) is 20.3 Å². The standard InChI is InChI=1S/C11H11ClFN3/c1-3-10-14-15-11(12)16(10)9-5-4-8(13)6-7(9)2/h4-6H,3H2,1-2H3. The maximum atomic E-state index is 13.0. The van der Waals surface area contributed by atoms with Crippen LogP contribution in [0.2, 0.25) is 5.28 Å². The predicted molar refractivity (Wildman–Crippen MR) is 60.4 cm³/mol. The Labute approximate surface area is 97.9 Å². The number of rotatable bonds is 2. The SMILES string of the molecule is CCc1nnc(Cl)n1-c1ccc(F)cc1C. The fourth-order valence-electron chi connectivity index (χ4n) is 1.63. The van der Waals surface area contributed by atoms with Gasteiger partial charge in [-0.05, 0) is 42.3 Å². The molecule has 0 saturated heterocycles. The zero-order valence-corrected chi connectivity index (χ0v) is 9.79. The summed E-state index contributed by atoms with van der Waals surface area (Å²) in [6.45, 7) is 3.80. The van der Waals surface area contributed by atoms with Crippen LogP contribution in [-0.2, 0) is 6.42 Å². The third-order valence-corrected chi connectivity index (χ3v) is 2.65. The summed E-state index contributed by atoms with van der Waals surface area (Å²) in [4.78, 5) is 0. The van der Waals surface area contributed by atoms with Crippen LogP contribution in [0.25, 0.3) is 5.69 Å². The van der Waals surface area contributed by atoms with Gasteiger partial charge in [0, 0.05) is 6.42 Å². The third-order valence-electron chi connectivity index (χ3n) is 2.41. The molecule has 0 saturated carbocycles. The van der Waals surface area contributed by atoms with Crippen LogP contribution in [0.1, 0.15) is 18.3 Å². The van der Waals surface area contributed by atoms with E-state index < -0.39 is 0 Å². The van der Waals surface area contributed by atoms with Gasteiger partial charge in [0.25, 0.3) is 0 Å². The molecule has 0 unspecified atom stereocenters. The molecule has 16 heavy (non-hydrogen) atoms. The van der Waals surface area contributed by atoms with E-state index in [1.165, 1.54) is 12.1 Å². The number of benzene rings is 1. The van der Waals surface area contributed by atoms with Crippen LogP contribution in [0.5, 0.6) is 0 Å². The molecule has 0 N–H and O–H groups in total. The second-order valence-electron chi connectivity index (χ2n) is 3.51. The van der Waals surface area contributed by atoms with Crippen molar-refractivity contribution in [2.75, 3.05) is 0 Å². The summed E-state index contributed by atoms with van der Waals surface area (Å²) in [6, 6.07) is 4.54. The molecule has 1 heterocycles. The zero-order chi connectivity index (χ0) is 11.7. The monoisotopic (exact) mass is 239 g/mol. The number of aromatic nitrogens is 3. The van der Waals surface area contributed by atoms with Crippen molar-refractivity contribution in [2.24, 2.45) is 0 Å². The maximum Gasteiger partial charge on any atom is 0.229 e. The van der Waals surface area contributed by atoms with Gasteiger partial charge in [-0.1, -0.05) is 6.92 Å². The van der Waals surface area contributed by atoms with Crippen LogP contribution in [-0.4, -0.2) is 14.8 Å². The van der Waals surface area contributed by atoms with Crippen molar-refractivity contribution in [1.82, 2.24) is 14.8 Å². The largest absolute Gasteiger partial charge is 0.269 e. The molecule has 0 aliphatic carbocycles. The van der Waals surface area contributed by atoms with E-state index in [0.717, 1.165) is 23.5 Å². The summed E-state index contributed by atoms with van der Waals surface area (Å²) in [7, 11) is 0. The fourth-order valence-corrected chi connectivity index (χ4v) is 1.86. The van der Waals surface area contributed by atoms with Gasteiger partial charge in [0.1, 0.15) is 11.6 Å². The van der Waals surface area contributed by atoms with E-state index in [9.17, 15) is 4.39 Å². The van der Waals surface area contributed by atoms with E-state index in [4.69, 9.17) is 11.6 Å². The number of halogens is 2. The van der Waals surface area contributed by atoms with Gasteiger partial charge >= 0.3 is 0 Å². The summed E-state index contributed by atoms with van der Waals surface area (Å²) >= 11 is 5.97. The Hall–Kier alpha value is -1.42. The molecule has 0 bridgehead atoms. The van der Waals surface area contributed by atoms with Crippen LogP contribution in [0.15, 0.2) is 18.2 Å². The van der Waals surface area contributed by atoms with Crippen molar-refractivity contribution in [3.63, 3.8) is 0 Å². The molecule has 1 aromatic carbocycles. The fraction of sp³-hybridized carbons (Fsp3) is 0.273. The molecule has 5 heteroatoms. The molecular formula is C11H11ClFN3. The average Bonchev–Trinajstić information content (AvgIpc) is 2.60. The Kier molecular flexibility index (Phi) is 2.92. The molecular weight excluding hydrogens is 229 g/mol. The lowest BCUT2D eigenvalue weighted by atomic mass is 10.2. The Morgan fingerprint density at radius 3 is 2.75 bits per heavy atom. The molecule has 0 atom stereocenters. The van der Waals surface area contributed by atoms with Crippen molar-refractivity contribution in [3.8, 4) is 5.69 Å². The predicted octanol–water partition coefficient (Wildman–Crippen LogP) is 2.93. The molecule has 1 aromatic heterocycles. The highest BCUT2D eigenvalue weighted by Gasteiger charge is 2.12. The van der Waals surface area contributed by atoms with Gasteiger partial charge in [-0.15, -0.1) is 10.2 Å². The molecule has 3 nitrogen and oxygen atoms in total. The quantitative estimate of drug-likeness (QED) is 0.807. The van der Waals surface area contributed by atoms with Gasteiger partial charge < -0.3 is 0 Å². The zero-order valence-electron chi connectivity index (χ0n) is 9.04. The van der Waals surface area contributed by atoms with E-state index in [1.54, 1.807) is 10.6 Å². The van der Waals surface area contributed by atoms with Gasteiger partial charge in [0.05, 0.1) is 5.69 Å². The minimum atomic E-state index is -0.261. The molecule has 0 amide bonds. The van der Waals surface area contributed by atoms with Crippen molar-refractivity contribution in [1.29, 1.82) is 0 Å².